The van der Waals surface area contributed by atoms with Crippen molar-refractivity contribution >= 4 is 27.5 Å². The van der Waals surface area contributed by atoms with Crippen LogP contribution >= 0.6 is 11.6 Å². The molecule has 2 aromatic carbocycles. The summed E-state index contributed by atoms with van der Waals surface area (Å²) in [6, 6.07) is 13.0. The number of hydrogen-bond donors (Lipinski definition) is 1. The summed E-state index contributed by atoms with van der Waals surface area (Å²) < 4.78 is 43.0. The molecule has 1 amide bonds. The van der Waals surface area contributed by atoms with Crippen molar-refractivity contribution in [1.29, 1.82) is 0 Å². The number of sulfonamides is 1. The van der Waals surface area contributed by atoms with E-state index in [1.165, 1.54) is 16.4 Å². The Morgan fingerprint density at radius 3 is 2.55 bits per heavy atom. The first kappa shape index (κ1) is 23.3. The van der Waals surface area contributed by atoms with E-state index in [-0.39, 0.29) is 24.0 Å². The average molecular weight is 469 g/mol. The summed E-state index contributed by atoms with van der Waals surface area (Å²) in [4.78, 5) is 12.4. The highest BCUT2D eigenvalue weighted by Gasteiger charge is 2.26. The number of carbonyl (C=O) groups is 1. The molecule has 1 fully saturated rings. The van der Waals surface area contributed by atoms with E-state index in [1.807, 2.05) is 0 Å². The van der Waals surface area contributed by atoms with E-state index >= 15 is 0 Å². The molecule has 10 heteroatoms. The summed E-state index contributed by atoms with van der Waals surface area (Å²) in [6.45, 7) is 3.63. The molecule has 1 atom stereocenters. The smallest absolute Gasteiger partial charge is 0.260 e. The number of amides is 1. The lowest BCUT2D eigenvalue weighted by molar-refractivity contribution is -0.127. The number of rotatable bonds is 9. The minimum absolute atomic E-state index is 0.210. The van der Waals surface area contributed by atoms with E-state index in [9.17, 15) is 13.2 Å². The lowest BCUT2D eigenvalue weighted by Gasteiger charge is -2.26. The number of morpholine rings is 1. The molecule has 8 nitrogen and oxygen atoms in total. The van der Waals surface area contributed by atoms with Crippen LogP contribution in [-0.2, 0) is 19.6 Å². The predicted octanol–water partition coefficient (Wildman–Crippen LogP) is 2.32. The summed E-state index contributed by atoms with van der Waals surface area (Å²) >= 11 is 5.90. The average Bonchev–Trinajstić information content (AvgIpc) is 2.77. The lowest BCUT2D eigenvalue weighted by Crippen LogP contribution is -2.40. The first-order valence-corrected chi connectivity index (χ1v) is 11.7. The number of nitrogens with one attached hydrogen (secondary N) is 1. The van der Waals surface area contributed by atoms with Gasteiger partial charge < -0.3 is 19.5 Å². The third kappa shape index (κ3) is 6.57. The minimum atomic E-state index is -3.53. The molecule has 1 N–H and O–H groups in total. The second kappa shape index (κ2) is 10.8. The number of carbonyl (C=O) groups excluding carboxylic acids is 1. The molecular formula is C21H25ClN2O6S. The predicted molar refractivity (Wildman–Crippen MR) is 116 cm³/mol. The van der Waals surface area contributed by atoms with Crippen LogP contribution in [0.3, 0.4) is 0 Å². The first-order valence-electron chi connectivity index (χ1n) is 9.87. The standard InChI is InChI=1S/C21H25ClN2O6S/c1-16(30-19-4-2-3-17(22)15-19)21(25)23-9-12-29-18-5-7-20(8-6-18)31(26,27)24-10-13-28-14-11-24/h2-8,15-16H,9-14H2,1H3,(H,23,25). The van der Waals surface area contributed by atoms with Gasteiger partial charge in [0.25, 0.3) is 5.91 Å². The van der Waals surface area contributed by atoms with Crippen LogP contribution in [0.5, 0.6) is 11.5 Å². The van der Waals surface area contributed by atoms with Crippen molar-refractivity contribution in [1.82, 2.24) is 9.62 Å². The molecule has 0 bridgehead atoms. The minimum Gasteiger partial charge on any atom is -0.492 e. The fourth-order valence-electron chi connectivity index (χ4n) is 2.93. The van der Waals surface area contributed by atoms with Crippen LogP contribution in [0, 0.1) is 0 Å². The van der Waals surface area contributed by atoms with Gasteiger partial charge in [-0.25, -0.2) is 8.42 Å². The van der Waals surface area contributed by atoms with Gasteiger partial charge in [-0.3, -0.25) is 4.79 Å². The zero-order valence-corrected chi connectivity index (χ0v) is 18.7. The Labute approximate surface area is 187 Å². The summed E-state index contributed by atoms with van der Waals surface area (Å²) in [5, 5.41) is 3.26. The zero-order chi connectivity index (χ0) is 22.3. The molecule has 0 radical (unpaired) electrons. The quantitative estimate of drug-likeness (QED) is 0.567. The van der Waals surface area contributed by atoms with Crippen molar-refractivity contribution in [3.8, 4) is 11.5 Å². The molecule has 3 rings (SSSR count). The van der Waals surface area contributed by atoms with E-state index in [0.717, 1.165) is 0 Å². The Balaban J connectivity index is 1.42. The van der Waals surface area contributed by atoms with Crippen LogP contribution in [0.1, 0.15) is 6.92 Å². The maximum Gasteiger partial charge on any atom is 0.260 e. The van der Waals surface area contributed by atoms with Crippen molar-refractivity contribution < 1.29 is 27.4 Å². The van der Waals surface area contributed by atoms with Crippen LogP contribution in [0.2, 0.25) is 5.02 Å². The van der Waals surface area contributed by atoms with Gasteiger partial charge in [-0.15, -0.1) is 0 Å². The molecule has 2 aromatic rings. The molecular weight excluding hydrogens is 444 g/mol. The van der Waals surface area contributed by atoms with E-state index in [1.54, 1.807) is 43.3 Å². The van der Waals surface area contributed by atoms with Gasteiger partial charge in [0.2, 0.25) is 10.0 Å². The maximum absolute atomic E-state index is 12.6. The molecule has 1 aliphatic heterocycles. The molecule has 168 valence electrons. The van der Waals surface area contributed by atoms with E-state index in [0.29, 0.717) is 42.8 Å². The third-order valence-corrected chi connectivity index (χ3v) is 6.73. The molecule has 0 spiro atoms. The topological polar surface area (TPSA) is 94.2 Å². The highest BCUT2D eigenvalue weighted by molar-refractivity contribution is 7.89. The molecule has 1 heterocycles. The van der Waals surface area contributed by atoms with Gasteiger partial charge >= 0.3 is 0 Å². The van der Waals surface area contributed by atoms with Gasteiger partial charge in [-0.2, -0.15) is 4.31 Å². The van der Waals surface area contributed by atoms with Gasteiger partial charge in [0.15, 0.2) is 6.10 Å². The Morgan fingerprint density at radius 1 is 1.16 bits per heavy atom. The summed E-state index contributed by atoms with van der Waals surface area (Å²) in [5.74, 6) is 0.743. The van der Waals surface area contributed by atoms with Gasteiger partial charge in [0.05, 0.1) is 24.7 Å². The van der Waals surface area contributed by atoms with Crippen molar-refractivity contribution in [3.63, 3.8) is 0 Å². The van der Waals surface area contributed by atoms with Crippen molar-refractivity contribution in [2.24, 2.45) is 0 Å². The number of ether oxygens (including phenoxy) is 3. The van der Waals surface area contributed by atoms with Gasteiger partial charge in [-0.1, -0.05) is 17.7 Å². The van der Waals surface area contributed by atoms with E-state index in [4.69, 9.17) is 25.8 Å². The number of benzene rings is 2. The molecule has 1 unspecified atom stereocenters. The van der Waals surface area contributed by atoms with Gasteiger partial charge in [0.1, 0.15) is 18.1 Å². The van der Waals surface area contributed by atoms with Crippen molar-refractivity contribution in [2.75, 3.05) is 39.5 Å². The third-order valence-electron chi connectivity index (χ3n) is 4.58. The highest BCUT2D eigenvalue weighted by Crippen LogP contribution is 2.21. The summed E-state index contributed by atoms with van der Waals surface area (Å²) in [6.07, 6.45) is -0.692. The summed E-state index contributed by atoms with van der Waals surface area (Å²) in [7, 11) is -3.53. The van der Waals surface area contributed by atoms with Crippen LogP contribution < -0.4 is 14.8 Å². The fourth-order valence-corrected chi connectivity index (χ4v) is 4.52. The normalized spacial score (nSPS) is 15.8. The second-order valence-corrected chi connectivity index (χ2v) is 9.22. The maximum atomic E-state index is 12.6. The first-order chi connectivity index (χ1) is 14.9. The Hall–Kier alpha value is -2.33. The van der Waals surface area contributed by atoms with Crippen LogP contribution in [0.25, 0.3) is 0 Å². The van der Waals surface area contributed by atoms with E-state index in [2.05, 4.69) is 5.32 Å². The number of halogens is 1. The van der Waals surface area contributed by atoms with Gasteiger partial charge in [-0.05, 0) is 49.4 Å². The fraction of sp³-hybridized carbons (Fsp3) is 0.381. The number of hydrogen-bond acceptors (Lipinski definition) is 6. The molecule has 31 heavy (non-hydrogen) atoms. The molecule has 0 saturated carbocycles. The highest BCUT2D eigenvalue weighted by atomic mass is 35.5. The Morgan fingerprint density at radius 2 is 1.87 bits per heavy atom. The number of nitrogens with zero attached hydrogens (tertiary/aromatic N) is 1. The van der Waals surface area contributed by atoms with Crippen LogP contribution in [0.4, 0.5) is 0 Å². The van der Waals surface area contributed by atoms with Crippen molar-refractivity contribution in [2.45, 2.75) is 17.9 Å². The Kier molecular flexibility index (Phi) is 8.14. The molecule has 1 saturated heterocycles. The van der Waals surface area contributed by atoms with Crippen molar-refractivity contribution in [3.05, 3.63) is 53.6 Å². The van der Waals surface area contributed by atoms with Crippen LogP contribution in [0.15, 0.2) is 53.4 Å². The largest absolute Gasteiger partial charge is 0.492 e. The van der Waals surface area contributed by atoms with E-state index < -0.39 is 16.1 Å². The lowest BCUT2D eigenvalue weighted by atomic mass is 10.3. The van der Waals surface area contributed by atoms with Gasteiger partial charge in [0, 0.05) is 18.1 Å². The molecule has 0 aliphatic carbocycles. The SMILES string of the molecule is CC(Oc1cccc(Cl)c1)C(=O)NCCOc1ccc(S(=O)(=O)N2CCOCC2)cc1. The summed E-state index contributed by atoms with van der Waals surface area (Å²) in [5.41, 5.74) is 0. The molecule has 0 aromatic heterocycles. The zero-order valence-electron chi connectivity index (χ0n) is 17.1. The Bertz CT molecular complexity index is 978. The second-order valence-electron chi connectivity index (χ2n) is 6.84. The molecule has 1 aliphatic rings. The monoisotopic (exact) mass is 468 g/mol. The van der Waals surface area contributed by atoms with Crippen LogP contribution in [-0.4, -0.2) is 64.2 Å².